The highest BCUT2D eigenvalue weighted by molar-refractivity contribution is 5.22. The molecular formula is C36H64. The molecule has 0 saturated heterocycles. The Balaban J connectivity index is 1.29. The third-order valence-corrected chi connectivity index (χ3v) is 15.1. The standard InChI is InChI=1S/C36H64/c1-16-23-18(3)25(23)33(8,9)27-20(5)29(27)35(12,13)31-22(7)32(31)36(14,15)30-21(6)28(30)34(10,11)26-19(4)24(26)17-2/h18-32H,16-17H2,1-15H3. The summed E-state index contributed by atoms with van der Waals surface area (Å²) in [5, 5.41) is 0. The van der Waals surface area contributed by atoms with Crippen molar-refractivity contribution in [3.63, 3.8) is 0 Å². The fourth-order valence-electron chi connectivity index (χ4n) is 13.9. The molecule has 0 aromatic rings. The second-order valence-electron chi connectivity index (χ2n) is 17.9. The zero-order valence-electron chi connectivity index (χ0n) is 27.1. The average molecular weight is 497 g/mol. The van der Waals surface area contributed by atoms with Crippen molar-refractivity contribution in [1.82, 2.24) is 0 Å². The number of hydrogen-bond acceptors (Lipinski definition) is 0. The fourth-order valence-corrected chi connectivity index (χ4v) is 13.9. The number of rotatable bonds is 10. The van der Waals surface area contributed by atoms with Gasteiger partial charge in [-0.2, -0.15) is 0 Å². The van der Waals surface area contributed by atoms with Gasteiger partial charge in [0.1, 0.15) is 0 Å². The molecule has 208 valence electrons. The monoisotopic (exact) mass is 497 g/mol. The third kappa shape index (κ3) is 3.56. The van der Waals surface area contributed by atoms with E-state index < -0.39 is 0 Å². The van der Waals surface area contributed by atoms with Crippen molar-refractivity contribution in [1.29, 1.82) is 0 Å². The molecule has 5 aliphatic rings. The van der Waals surface area contributed by atoms with Gasteiger partial charge in [0, 0.05) is 0 Å². The second-order valence-corrected chi connectivity index (χ2v) is 17.9. The van der Waals surface area contributed by atoms with E-state index in [1.807, 2.05) is 0 Å². The van der Waals surface area contributed by atoms with Crippen molar-refractivity contribution >= 4 is 0 Å². The molecule has 0 bridgehead atoms. The maximum absolute atomic E-state index is 2.70. The first-order valence-electron chi connectivity index (χ1n) is 16.4. The van der Waals surface area contributed by atoms with Crippen molar-refractivity contribution in [2.75, 3.05) is 0 Å². The molecule has 5 rings (SSSR count). The van der Waals surface area contributed by atoms with Crippen molar-refractivity contribution < 1.29 is 0 Å². The van der Waals surface area contributed by atoms with Crippen LogP contribution in [0.15, 0.2) is 0 Å². The normalized spacial score (nSPS) is 52.2. The lowest BCUT2D eigenvalue weighted by Gasteiger charge is -2.35. The van der Waals surface area contributed by atoms with E-state index >= 15 is 0 Å². The Morgan fingerprint density at radius 3 is 0.694 bits per heavy atom. The summed E-state index contributed by atoms with van der Waals surface area (Å²) in [6, 6.07) is 0. The Hall–Kier alpha value is 0. The maximum atomic E-state index is 2.70. The summed E-state index contributed by atoms with van der Waals surface area (Å²) < 4.78 is 0. The van der Waals surface area contributed by atoms with Crippen LogP contribution in [-0.2, 0) is 0 Å². The van der Waals surface area contributed by atoms with E-state index in [0.29, 0.717) is 21.7 Å². The van der Waals surface area contributed by atoms with Crippen LogP contribution in [-0.4, -0.2) is 0 Å². The van der Waals surface area contributed by atoms with Crippen molar-refractivity contribution in [3.05, 3.63) is 0 Å². The van der Waals surface area contributed by atoms with E-state index in [9.17, 15) is 0 Å². The van der Waals surface area contributed by atoms with Crippen LogP contribution in [0, 0.1) is 110 Å². The van der Waals surface area contributed by atoms with Gasteiger partial charge in [-0.3, -0.25) is 0 Å². The highest BCUT2D eigenvalue weighted by Gasteiger charge is 2.75. The maximum Gasteiger partial charge on any atom is -0.0286 e. The fraction of sp³-hybridized carbons (Fsp3) is 1.00. The van der Waals surface area contributed by atoms with Crippen molar-refractivity contribution in [2.45, 2.75) is 117 Å². The summed E-state index contributed by atoms with van der Waals surface area (Å²) >= 11 is 0. The van der Waals surface area contributed by atoms with E-state index in [0.717, 1.165) is 88.8 Å². The first kappa shape index (κ1) is 27.6. The van der Waals surface area contributed by atoms with Crippen LogP contribution in [0.5, 0.6) is 0 Å². The predicted molar refractivity (Wildman–Crippen MR) is 156 cm³/mol. The van der Waals surface area contributed by atoms with E-state index in [2.05, 4.69) is 104 Å². The zero-order chi connectivity index (χ0) is 27.1. The molecule has 0 N–H and O–H groups in total. The summed E-state index contributed by atoms with van der Waals surface area (Å²) in [6.45, 7) is 39.2. The van der Waals surface area contributed by atoms with Crippen LogP contribution in [0.25, 0.3) is 0 Å². The van der Waals surface area contributed by atoms with E-state index in [4.69, 9.17) is 0 Å². The van der Waals surface area contributed by atoms with E-state index in [1.165, 1.54) is 12.8 Å². The first-order chi connectivity index (χ1) is 16.4. The van der Waals surface area contributed by atoms with Crippen LogP contribution in [0.3, 0.4) is 0 Å². The lowest BCUT2D eigenvalue weighted by atomic mass is 9.69. The molecule has 5 saturated carbocycles. The number of hydrogen-bond donors (Lipinski definition) is 0. The third-order valence-electron chi connectivity index (χ3n) is 15.1. The predicted octanol–water partition coefficient (Wildman–Crippen LogP) is 10.3. The average Bonchev–Trinajstić information content (AvgIpc) is 3.54. The van der Waals surface area contributed by atoms with Crippen molar-refractivity contribution in [3.8, 4) is 0 Å². The van der Waals surface area contributed by atoms with Gasteiger partial charge in [-0.15, -0.1) is 0 Å². The van der Waals surface area contributed by atoms with E-state index in [-0.39, 0.29) is 0 Å². The van der Waals surface area contributed by atoms with E-state index in [1.54, 1.807) is 0 Å². The van der Waals surface area contributed by atoms with Gasteiger partial charge in [-0.1, -0.05) is 117 Å². The van der Waals surface area contributed by atoms with Crippen LogP contribution in [0.1, 0.15) is 117 Å². The van der Waals surface area contributed by atoms with Crippen LogP contribution >= 0.6 is 0 Å². The topological polar surface area (TPSA) is 0 Å². The molecule has 0 aliphatic heterocycles. The molecule has 0 radical (unpaired) electrons. The molecule has 36 heavy (non-hydrogen) atoms. The molecule has 5 fully saturated rings. The van der Waals surface area contributed by atoms with Gasteiger partial charge < -0.3 is 0 Å². The minimum absolute atomic E-state index is 0.476. The minimum Gasteiger partial charge on any atom is -0.0651 e. The highest BCUT2D eigenvalue weighted by atomic mass is 14.8. The molecule has 0 aromatic carbocycles. The first-order valence-corrected chi connectivity index (χ1v) is 16.4. The second kappa shape index (κ2) is 8.03. The van der Waals surface area contributed by atoms with Gasteiger partial charge in [0.25, 0.3) is 0 Å². The quantitative estimate of drug-likeness (QED) is 0.282. The summed E-state index contributed by atoms with van der Waals surface area (Å²) in [7, 11) is 0. The van der Waals surface area contributed by atoms with Crippen LogP contribution in [0.2, 0.25) is 0 Å². The van der Waals surface area contributed by atoms with Gasteiger partial charge in [0.2, 0.25) is 0 Å². The minimum atomic E-state index is 0.476. The lowest BCUT2D eigenvalue weighted by molar-refractivity contribution is 0.124. The Morgan fingerprint density at radius 1 is 0.333 bits per heavy atom. The molecule has 0 amide bonds. The zero-order valence-corrected chi connectivity index (χ0v) is 27.1. The molecule has 0 heterocycles. The summed E-state index contributed by atoms with van der Waals surface area (Å²) in [6.07, 6.45) is 2.77. The Kier molecular flexibility index (Phi) is 6.15. The van der Waals surface area contributed by atoms with Gasteiger partial charge in [0.15, 0.2) is 0 Å². The molecule has 0 spiro atoms. The van der Waals surface area contributed by atoms with Crippen molar-refractivity contribution in [2.24, 2.45) is 110 Å². The largest absolute Gasteiger partial charge is 0.0651 e. The summed E-state index contributed by atoms with van der Waals surface area (Å²) in [5.74, 6) is 14.1. The molecule has 5 aliphatic carbocycles. The highest BCUT2D eigenvalue weighted by Crippen LogP contribution is 2.80. The van der Waals surface area contributed by atoms with Gasteiger partial charge in [0.05, 0.1) is 0 Å². The molecule has 14 unspecified atom stereocenters. The molecule has 0 aromatic heterocycles. The van der Waals surface area contributed by atoms with Crippen LogP contribution in [0.4, 0.5) is 0 Å². The SMILES string of the molecule is CCC1C(C)C1C(C)(C)C1C(C)C1C(C)(C)C1C(C)C1C(C)(C)C1C(C)C1C(C)(C)C1C(C)C1CC. The lowest BCUT2D eigenvalue weighted by Crippen LogP contribution is -2.30. The summed E-state index contributed by atoms with van der Waals surface area (Å²) in [5.41, 5.74) is 1.98. The Morgan fingerprint density at radius 2 is 0.528 bits per heavy atom. The smallest absolute Gasteiger partial charge is 0.0286 e. The van der Waals surface area contributed by atoms with Gasteiger partial charge in [-0.05, 0) is 110 Å². The molecule has 0 nitrogen and oxygen atoms in total. The molecular weight excluding hydrogens is 432 g/mol. The summed E-state index contributed by atoms with van der Waals surface area (Å²) in [4.78, 5) is 0. The molecule has 0 heteroatoms. The molecule has 14 atom stereocenters. The van der Waals surface area contributed by atoms with Crippen LogP contribution < -0.4 is 0 Å². The van der Waals surface area contributed by atoms with Gasteiger partial charge in [-0.25, -0.2) is 0 Å². The van der Waals surface area contributed by atoms with Gasteiger partial charge >= 0.3 is 0 Å². The Labute approximate surface area is 226 Å². The Bertz CT molecular complexity index is 787.